The monoisotopic (exact) mass is 223 g/mol. The van der Waals surface area contributed by atoms with Crippen LogP contribution in [0.1, 0.15) is 0 Å². The molecule has 3 nitrogen and oxygen atoms in total. The third-order valence-corrected chi connectivity index (χ3v) is 2.09. The number of hydrogen-bond donors (Lipinski definition) is 1. The number of anilines is 1. The molecule has 2 rings (SSSR count). The van der Waals surface area contributed by atoms with Crippen molar-refractivity contribution < 1.29 is 0 Å². The molecule has 84 valence electrons. The number of para-hydroxylation sites is 2. The van der Waals surface area contributed by atoms with Crippen LogP contribution in [0.3, 0.4) is 0 Å². The predicted octanol–water partition coefficient (Wildman–Crippen LogP) is 3.49. The first-order valence-corrected chi connectivity index (χ1v) is 5.37. The van der Waals surface area contributed by atoms with Crippen LogP contribution in [0.2, 0.25) is 0 Å². The number of nitrogens with zero attached hydrogens (tertiary/aromatic N) is 2. The van der Waals surface area contributed by atoms with Gasteiger partial charge < -0.3 is 0 Å². The van der Waals surface area contributed by atoms with Crippen LogP contribution in [-0.2, 0) is 0 Å². The van der Waals surface area contributed by atoms with Gasteiger partial charge in [-0.15, -0.1) is 0 Å². The van der Waals surface area contributed by atoms with Crippen LogP contribution >= 0.6 is 0 Å². The number of benzene rings is 2. The van der Waals surface area contributed by atoms with Gasteiger partial charge in [0.15, 0.2) is 0 Å². The van der Waals surface area contributed by atoms with Crippen molar-refractivity contribution in [2.45, 2.75) is 0 Å². The second-order valence-corrected chi connectivity index (χ2v) is 3.37. The molecule has 2 aromatic carbocycles. The lowest BCUT2D eigenvalue weighted by Crippen LogP contribution is -1.88. The molecule has 1 N–H and O–H groups in total. The molecule has 0 saturated carbocycles. The van der Waals surface area contributed by atoms with Gasteiger partial charge in [-0.05, 0) is 24.3 Å². The van der Waals surface area contributed by atoms with E-state index >= 15 is 0 Å². The minimum Gasteiger partial charge on any atom is -0.278 e. The highest BCUT2D eigenvalue weighted by molar-refractivity contribution is 6.16. The van der Waals surface area contributed by atoms with E-state index in [9.17, 15) is 0 Å². The zero-order valence-electron chi connectivity index (χ0n) is 9.32. The van der Waals surface area contributed by atoms with Gasteiger partial charge in [-0.25, -0.2) is 0 Å². The number of hydrogen-bond acceptors (Lipinski definition) is 3. The van der Waals surface area contributed by atoms with Gasteiger partial charge in [0.25, 0.3) is 0 Å². The van der Waals surface area contributed by atoms with Gasteiger partial charge in [0, 0.05) is 6.21 Å². The molecule has 0 aliphatic carbocycles. The molecule has 0 saturated heterocycles. The van der Waals surface area contributed by atoms with Crippen molar-refractivity contribution in [2.75, 3.05) is 5.43 Å². The fourth-order valence-corrected chi connectivity index (χ4v) is 1.29. The lowest BCUT2D eigenvalue weighted by atomic mass is 10.3. The maximum absolute atomic E-state index is 4.22. The second-order valence-electron chi connectivity index (χ2n) is 3.37. The third kappa shape index (κ3) is 3.91. The Kier molecular flexibility index (Phi) is 4.06. The maximum Gasteiger partial charge on any atom is 0.0655 e. The van der Waals surface area contributed by atoms with E-state index in [1.807, 2.05) is 60.7 Å². The van der Waals surface area contributed by atoms with E-state index in [1.165, 1.54) is 0 Å². The first kappa shape index (κ1) is 11.1. The van der Waals surface area contributed by atoms with E-state index in [2.05, 4.69) is 15.5 Å². The van der Waals surface area contributed by atoms with E-state index < -0.39 is 0 Å². The minimum absolute atomic E-state index is 0.915. The largest absolute Gasteiger partial charge is 0.278 e. The zero-order chi connectivity index (χ0) is 11.8. The van der Waals surface area contributed by atoms with Crippen LogP contribution < -0.4 is 5.43 Å². The molecular formula is C14H13N3. The predicted molar refractivity (Wildman–Crippen MR) is 73.2 cm³/mol. The molecule has 0 amide bonds. The normalized spacial score (nSPS) is 11.1. The zero-order valence-corrected chi connectivity index (χ0v) is 9.32. The fraction of sp³-hybridized carbons (Fsp3) is 0. The Bertz CT molecular complexity index is 489. The Labute approximate surface area is 101 Å². The van der Waals surface area contributed by atoms with Gasteiger partial charge in [0.05, 0.1) is 17.6 Å². The molecule has 0 heterocycles. The average molecular weight is 223 g/mol. The van der Waals surface area contributed by atoms with Crippen LogP contribution in [0, 0.1) is 0 Å². The molecule has 17 heavy (non-hydrogen) atoms. The molecule has 3 heteroatoms. The van der Waals surface area contributed by atoms with Gasteiger partial charge in [-0.1, -0.05) is 36.4 Å². The van der Waals surface area contributed by atoms with Crippen LogP contribution in [0.5, 0.6) is 0 Å². The van der Waals surface area contributed by atoms with E-state index in [4.69, 9.17) is 0 Å². The quantitative estimate of drug-likeness (QED) is 0.625. The summed E-state index contributed by atoms with van der Waals surface area (Å²) in [5.41, 5.74) is 4.78. The molecule has 0 spiro atoms. The Hall–Kier alpha value is -2.42. The standard InChI is InChI=1S/C14H13N3/c1-3-7-13(8-4-1)15-11-12-16-17-14-9-5-2-6-10-14/h1-12,17H/b15-11?,16-12+. The molecule has 0 aliphatic heterocycles. The van der Waals surface area contributed by atoms with Crippen molar-refractivity contribution >= 4 is 23.8 Å². The molecule has 0 unspecified atom stereocenters. The summed E-state index contributed by atoms with van der Waals surface area (Å²) in [5.74, 6) is 0. The fourth-order valence-electron chi connectivity index (χ4n) is 1.29. The van der Waals surface area contributed by atoms with Crippen molar-refractivity contribution in [1.82, 2.24) is 0 Å². The first-order valence-electron chi connectivity index (χ1n) is 5.37. The summed E-state index contributed by atoms with van der Waals surface area (Å²) in [6, 6.07) is 19.5. The van der Waals surface area contributed by atoms with E-state index in [-0.39, 0.29) is 0 Å². The highest BCUT2D eigenvalue weighted by Crippen LogP contribution is 2.08. The number of hydrazone groups is 1. The summed E-state index contributed by atoms with van der Waals surface area (Å²) >= 11 is 0. The topological polar surface area (TPSA) is 36.8 Å². The smallest absolute Gasteiger partial charge is 0.0655 e. The summed E-state index contributed by atoms with van der Waals surface area (Å²) in [6.45, 7) is 0. The number of nitrogens with one attached hydrogen (secondary N) is 1. The molecule has 0 aromatic heterocycles. The Morgan fingerprint density at radius 2 is 1.41 bits per heavy atom. The first-order chi connectivity index (χ1) is 8.45. The second kappa shape index (κ2) is 6.23. The molecule has 0 atom stereocenters. The average Bonchev–Trinajstić information content (AvgIpc) is 2.41. The highest BCUT2D eigenvalue weighted by Gasteiger charge is 1.83. The van der Waals surface area contributed by atoms with Gasteiger partial charge in [0.1, 0.15) is 0 Å². The van der Waals surface area contributed by atoms with Crippen molar-refractivity contribution in [3.8, 4) is 0 Å². The Morgan fingerprint density at radius 3 is 2.12 bits per heavy atom. The summed E-state index contributed by atoms with van der Waals surface area (Å²) in [6.07, 6.45) is 3.28. The van der Waals surface area contributed by atoms with Crippen molar-refractivity contribution in [3.05, 3.63) is 60.7 Å². The SMILES string of the molecule is C(/C=N/Nc1ccccc1)=Nc1ccccc1. The van der Waals surface area contributed by atoms with E-state index in [0.29, 0.717) is 0 Å². The molecule has 0 fully saturated rings. The molecule has 0 aliphatic rings. The lowest BCUT2D eigenvalue weighted by Gasteiger charge is -1.96. The Balaban J connectivity index is 1.85. The van der Waals surface area contributed by atoms with Crippen molar-refractivity contribution in [2.24, 2.45) is 10.1 Å². The van der Waals surface area contributed by atoms with E-state index in [1.54, 1.807) is 12.4 Å². The van der Waals surface area contributed by atoms with E-state index in [0.717, 1.165) is 11.4 Å². The van der Waals surface area contributed by atoms with Gasteiger partial charge >= 0.3 is 0 Å². The van der Waals surface area contributed by atoms with Crippen LogP contribution in [0.4, 0.5) is 11.4 Å². The van der Waals surface area contributed by atoms with Gasteiger partial charge in [-0.3, -0.25) is 10.4 Å². The maximum atomic E-state index is 4.22. The van der Waals surface area contributed by atoms with Gasteiger partial charge in [0.2, 0.25) is 0 Å². The summed E-state index contributed by atoms with van der Waals surface area (Å²) in [4.78, 5) is 4.22. The van der Waals surface area contributed by atoms with Crippen molar-refractivity contribution in [1.29, 1.82) is 0 Å². The van der Waals surface area contributed by atoms with Crippen LogP contribution in [0.25, 0.3) is 0 Å². The lowest BCUT2D eigenvalue weighted by molar-refractivity contribution is 1.36. The Morgan fingerprint density at radius 1 is 0.765 bits per heavy atom. The number of rotatable bonds is 4. The van der Waals surface area contributed by atoms with Crippen molar-refractivity contribution in [3.63, 3.8) is 0 Å². The van der Waals surface area contributed by atoms with Gasteiger partial charge in [-0.2, -0.15) is 5.10 Å². The molecular weight excluding hydrogens is 210 g/mol. The highest BCUT2D eigenvalue weighted by atomic mass is 15.3. The third-order valence-electron chi connectivity index (χ3n) is 2.09. The molecule has 0 bridgehead atoms. The van der Waals surface area contributed by atoms with Crippen LogP contribution in [-0.4, -0.2) is 12.4 Å². The summed E-state index contributed by atoms with van der Waals surface area (Å²) < 4.78 is 0. The summed E-state index contributed by atoms with van der Waals surface area (Å²) in [5, 5.41) is 4.03. The minimum atomic E-state index is 0.915. The molecule has 0 radical (unpaired) electrons. The number of aliphatic imine (C=N–C) groups is 1. The summed E-state index contributed by atoms with van der Waals surface area (Å²) in [7, 11) is 0. The molecule has 2 aromatic rings. The van der Waals surface area contributed by atoms with Crippen LogP contribution in [0.15, 0.2) is 70.8 Å².